The van der Waals surface area contributed by atoms with Crippen LogP contribution in [-0.2, 0) is 14.3 Å². The van der Waals surface area contributed by atoms with Gasteiger partial charge in [0.1, 0.15) is 6.10 Å². The molecule has 3 N–H and O–H groups in total. The minimum atomic E-state index is -0.525. The van der Waals surface area contributed by atoms with Crippen molar-refractivity contribution < 1.29 is 14.3 Å². The second-order valence-electron chi connectivity index (χ2n) is 5.73. The van der Waals surface area contributed by atoms with Crippen LogP contribution in [0.4, 0.5) is 0 Å². The van der Waals surface area contributed by atoms with Crippen LogP contribution in [0.15, 0.2) is 0 Å². The van der Waals surface area contributed by atoms with E-state index in [2.05, 4.69) is 5.32 Å². The molecule has 2 aliphatic rings. The Bertz CT molecular complexity index is 307. The van der Waals surface area contributed by atoms with E-state index in [-0.39, 0.29) is 17.9 Å². The molecule has 2 rings (SSSR count). The number of rotatable bonds is 4. The first-order valence-electron chi connectivity index (χ1n) is 6.81. The molecule has 1 heterocycles. The Labute approximate surface area is 108 Å². The van der Waals surface area contributed by atoms with E-state index in [9.17, 15) is 4.79 Å². The highest BCUT2D eigenvalue weighted by molar-refractivity contribution is 5.79. The minimum Gasteiger partial charge on any atom is -0.353 e. The predicted molar refractivity (Wildman–Crippen MR) is 67.8 cm³/mol. The Hall–Kier alpha value is -0.650. The number of carbonyl (C=O) groups excluding carboxylic acids is 1. The van der Waals surface area contributed by atoms with E-state index in [0.29, 0.717) is 25.6 Å². The van der Waals surface area contributed by atoms with Gasteiger partial charge in [0.05, 0.1) is 6.61 Å². The van der Waals surface area contributed by atoms with Crippen LogP contribution in [0, 0.1) is 11.8 Å². The monoisotopic (exact) mass is 256 g/mol. The van der Waals surface area contributed by atoms with Crippen molar-refractivity contribution in [2.75, 3.05) is 19.7 Å². The number of nitrogens with two attached hydrogens (primary N) is 1. The van der Waals surface area contributed by atoms with E-state index in [0.717, 1.165) is 19.3 Å². The van der Waals surface area contributed by atoms with Crippen LogP contribution in [0.25, 0.3) is 0 Å². The number of carbonyl (C=O) groups is 1. The lowest BCUT2D eigenvalue weighted by atomic mass is 9.95. The molecule has 1 saturated carbocycles. The fraction of sp³-hybridized carbons (Fsp3) is 0.923. The summed E-state index contributed by atoms with van der Waals surface area (Å²) in [4.78, 5) is 12.1. The molecule has 104 valence electrons. The van der Waals surface area contributed by atoms with Gasteiger partial charge in [-0.3, -0.25) is 4.79 Å². The van der Waals surface area contributed by atoms with Crippen molar-refractivity contribution in [2.24, 2.45) is 17.6 Å². The Morgan fingerprint density at radius 2 is 2.22 bits per heavy atom. The summed E-state index contributed by atoms with van der Waals surface area (Å²) in [6, 6.07) is 0. The summed E-state index contributed by atoms with van der Waals surface area (Å²) in [5, 5.41) is 2.97. The number of amides is 1. The van der Waals surface area contributed by atoms with Crippen LogP contribution in [0.1, 0.15) is 33.1 Å². The zero-order valence-corrected chi connectivity index (χ0v) is 11.3. The number of ether oxygens (including phenoxy) is 2. The lowest BCUT2D eigenvalue weighted by Crippen LogP contribution is -2.40. The molecule has 0 aromatic carbocycles. The van der Waals surface area contributed by atoms with Gasteiger partial charge < -0.3 is 20.5 Å². The summed E-state index contributed by atoms with van der Waals surface area (Å²) < 4.78 is 11.1. The smallest absolute Gasteiger partial charge is 0.223 e. The molecular formula is C13H24N2O3. The molecule has 0 bridgehead atoms. The second kappa shape index (κ2) is 5.55. The molecule has 18 heavy (non-hydrogen) atoms. The molecule has 1 amide bonds. The largest absolute Gasteiger partial charge is 0.353 e. The van der Waals surface area contributed by atoms with Gasteiger partial charge in [-0.2, -0.15) is 0 Å². The number of nitrogens with one attached hydrogen (secondary N) is 1. The van der Waals surface area contributed by atoms with Gasteiger partial charge in [-0.1, -0.05) is 6.42 Å². The molecule has 5 heteroatoms. The number of hydrogen-bond acceptors (Lipinski definition) is 4. The molecule has 1 aliphatic carbocycles. The van der Waals surface area contributed by atoms with E-state index < -0.39 is 5.79 Å². The standard InChI is InChI=1S/C13H24N2O3/c1-13(2)17-8-10(18-13)7-15-12(16)11-5-3-4-9(11)6-14/h9-11H,3-8,14H2,1-2H3,(H,15,16). The van der Waals surface area contributed by atoms with E-state index in [1.807, 2.05) is 13.8 Å². The van der Waals surface area contributed by atoms with Crippen LogP contribution in [0.3, 0.4) is 0 Å². The highest BCUT2D eigenvalue weighted by Crippen LogP contribution is 2.31. The molecule has 1 saturated heterocycles. The molecule has 5 nitrogen and oxygen atoms in total. The molecule has 3 unspecified atom stereocenters. The summed E-state index contributed by atoms with van der Waals surface area (Å²) in [6.45, 7) is 5.44. The maximum atomic E-state index is 12.1. The molecule has 0 radical (unpaired) electrons. The van der Waals surface area contributed by atoms with Gasteiger partial charge in [0, 0.05) is 12.5 Å². The lowest BCUT2D eigenvalue weighted by Gasteiger charge is -2.20. The summed E-state index contributed by atoms with van der Waals surface area (Å²) in [6.07, 6.45) is 3.10. The Kier molecular flexibility index (Phi) is 4.25. The Morgan fingerprint density at radius 1 is 1.44 bits per heavy atom. The van der Waals surface area contributed by atoms with Crippen LogP contribution >= 0.6 is 0 Å². The molecule has 0 aromatic rings. The van der Waals surface area contributed by atoms with Gasteiger partial charge in [0.25, 0.3) is 0 Å². The maximum absolute atomic E-state index is 12.1. The zero-order chi connectivity index (χ0) is 13.2. The maximum Gasteiger partial charge on any atom is 0.223 e. The first kappa shape index (κ1) is 13.8. The zero-order valence-electron chi connectivity index (χ0n) is 11.3. The predicted octanol–water partition coefficient (Wildman–Crippen LogP) is 0.629. The molecule has 2 fully saturated rings. The highest BCUT2D eigenvalue weighted by Gasteiger charge is 2.35. The fourth-order valence-corrected chi connectivity index (χ4v) is 2.87. The van der Waals surface area contributed by atoms with Crippen molar-refractivity contribution in [3.05, 3.63) is 0 Å². The average Bonchev–Trinajstić information content (AvgIpc) is 2.92. The summed E-state index contributed by atoms with van der Waals surface area (Å²) in [7, 11) is 0. The summed E-state index contributed by atoms with van der Waals surface area (Å²) >= 11 is 0. The van der Waals surface area contributed by atoms with Gasteiger partial charge in [-0.15, -0.1) is 0 Å². The lowest BCUT2D eigenvalue weighted by molar-refractivity contribution is -0.140. The molecule has 3 atom stereocenters. The first-order valence-corrected chi connectivity index (χ1v) is 6.81. The first-order chi connectivity index (χ1) is 8.52. The molecule has 0 spiro atoms. The second-order valence-corrected chi connectivity index (χ2v) is 5.73. The normalized spacial score (nSPS) is 34.7. The van der Waals surface area contributed by atoms with Crippen molar-refractivity contribution in [3.8, 4) is 0 Å². The van der Waals surface area contributed by atoms with E-state index in [1.54, 1.807) is 0 Å². The van der Waals surface area contributed by atoms with Gasteiger partial charge in [0.15, 0.2) is 5.79 Å². The van der Waals surface area contributed by atoms with Gasteiger partial charge >= 0.3 is 0 Å². The fourth-order valence-electron chi connectivity index (χ4n) is 2.87. The quantitative estimate of drug-likeness (QED) is 0.773. The van der Waals surface area contributed by atoms with E-state index >= 15 is 0 Å². The van der Waals surface area contributed by atoms with Crippen LogP contribution < -0.4 is 11.1 Å². The summed E-state index contributed by atoms with van der Waals surface area (Å²) in [5.41, 5.74) is 5.69. The Morgan fingerprint density at radius 3 is 2.83 bits per heavy atom. The van der Waals surface area contributed by atoms with Gasteiger partial charge in [-0.05, 0) is 39.2 Å². The SMILES string of the molecule is CC1(C)OCC(CNC(=O)C2CCCC2CN)O1. The average molecular weight is 256 g/mol. The topological polar surface area (TPSA) is 73.6 Å². The summed E-state index contributed by atoms with van der Waals surface area (Å²) in [5.74, 6) is 0.0338. The molecular weight excluding hydrogens is 232 g/mol. The highest BCUT2D eigenvalue weighted by atomic mass is 16.7. The number of hydrogen-bond donors (Lipinski definition) is 2. The van der Waals surface area contributed by atoms with E-state index in [1.165, 1.54) is 0 Å². The van der Waals surface area contributed by atoms with Crippen LogP contribution in [0.2, 0.25) is 0 Å². The van der Waals surface area contributed by atoms with Gasteiger partial charge in [-0.25, -0.2) is 0 Å². The van der Waals surface area contributed by atoms with Crippen LogP contribution in [-0.4, -0.2) is 37.5 Å². The third kappa shape index (κ3) is 3.22. The minimum absolute atomic E-state index is 0.0401. The third-order valence-corrected chi connectivity index (χ3v) is 3.87. The van der Waals surface area contributed by atoms with Crippen molar-refractivity contribution in [1.29, 1.82) is 0 Å². The van der Waals surface area contributed by atoms with Crippen molar-refractivity contribution >= 4 is 5.91 Å². The molecule has 0 aromatic heterocycles. The van der Waals surface area contributed by atoms with Crippen molar-refractivity contribution in [2.45, 2.75) is 45.0 Å². The van der Waals surface area contributed by atoms with E-state index in [4.69, 9.17) is 15.2 Å². The third-order valence-electron chi connectivity index (χ3n) is 3.87. The van der Waals surface area contributed by atoms with Gasteiger partial charge in [0.2, 0.25) is 5.91 Å². The van der Waals surface area contributed by atoms with Crippen molar-refractivity contribution in [3.63, 3.8) is 0 Å². The molecule has 1 aliphatic heterocycles. The van der Waals surface area contributed by atoms with Crippen molar-refractivity contribution in [1.82, 2.24) is 5.32 Å². The Balaban J connectivity index is 1.75. The van der Waals surface area contributed by atoms with Crippen LogP contribution in [0.5, 0.6) is 0 Å².